The zero-order chi connectivity index (χ0) is 47.7. The van der Waals surface area contributed by atoms with Crippen molar-refractivity contribution in [2.24, 2.45) is 22.1 Å². The number of ether oxygens (including phenoxy) is 5. The molecule has 0 radical (unpaired) electrons. The van der Waals surface area contributed by atoms with E-state index < -0.39 is 35.7 Å². The second-order valence-electron chi connectivity index (χ2n) is 14.7. The number of thiophene rings is 1. The first kappa shape index (κ1) is 55.2. The predicted octanol–water partition coefficient (Wildman–Crippen LogP) is 9.25. The second kappa shape index (κ2) is 33.5. The molecule has 0 aliphatic heterocycles. The average molecular weight is 918 g/mol. The topological polar surface area (TPSA) is 230 Å². The van der Waals surface area contributed by atoms with Crippen molar-refractivity contribution in [1.82, 2.24) is 0 Å². The lowest BCUT2D eigenvalue weighted by Gasteiger charge is -2.25. The Morgan fingerprint density at radius 3 is 1.69 bits per heavy atom. The summed E-state index contributed by atoms with van der Waals surface area (Å²) in [4.78, 5) is 50.4. The number of aryl methyl sites for hydroxylation is 1. The number of carbonyl (C=O) groups excluding carboxylic acids is 2. The van der Waals surface area contributed by atoms with Gasteiger partial charge in [0.15, 0.2) is 5.00 Å². The van der Waals surface area contributed by atoms with Crippen molar-refractivity contribution in [3.8, 4) is 12.1 Å². The van der Waals surface area contributed by atoms with E-state index in [-0.39, 0.29) is 71.9 Å². The fourth-order valence-electron chi connectivity index (χ4n) is 6.01. The summed E-state index contributed by atoms with van der Waals surface area (Å²) in [6.07, 6.45) is 16.3. The summed E-state index contributed by atoms with van der Waals surface area (Å²) in [6, 6.07) is 9.79. The van der Waals surface area contributed by atoms with Crippen molar-refractivity contribution < 1.29 is 53.1 Å². The zero-order valence-electron chi connectivity index (χ0n) is 37.6. The van der Waals surface area contributed by atoms with Gasteiger partial charge in [-0.2, -0.15) is 10.5 Å². The van der Waals surface area contributed by atoms with Crippen LogP contribution < -0.4 is 4.90 Å². The van der Waals surface area contributed by atoms with Crippen LogP contribution in [0.15, 0.2) is 78.0 Å². The highest BCUT2D eigenvalue weighted by Gasteiger charge is 2.22. The number of allylic oxidation sites excluding steroid dienone is 6. The van der Waals surface area contributed by atoms with Crippen molar-refractivity contribution >= 4 is 51.6 Å². The third-order valence-corrected chi connectivity index (χ3v) is 10.8. The number of anilines is 1. The molecule has 1 heterocycles. The highest BCUT2D eigenvalue weighted by atomic mass is 32.1. The first-order chi connectivity index (χ1) is 31.4. The summed E-state index contributed by atoms with van der Waals surface area (Å²) in [5.74, 6) is -5.08. The van der Waals surface area contributed by atoms with Crippen LogP contribution in [0.2, 0.25) is 0 Å². The molecule has 2 rings (SSSR count). The molecule has 2 N–H and O–H groups in total. The summed E-state index contributed by atoms with van der Waals surface area (Å²) in [5, 5.41) is 47.0. The molecule has 0 aliphatic rings. The van der Waals surface area contributed by atoms with Crippen LogP contribution in [0.25, 0.3) is 0 Å². The van der Waals surface area contributed by atoms with Crippen LogP contribution >= 0.6 is 11.3 Å². The van der Waals surface area contributed by atoms with E-state index in [1.54, 1.807) is 25.1 Å². The zero-order valence-corrected chi connectivity index (χ0v) is 38.4. The van der Waals surface area contributed by atoms with Crippen LogP contribution in [0.1, 0.15) is 85.8 Å². The minimum absolute atomic E-state index is 0.0186. The molecule has 0 saturated carbocycles. The standard InChI is InChI=1S/C48H63N5O11S/c1-5-7-9-11-13-15-17-38(47(56)57)32-44(54)63-29-27-61-24-22-53(40-19-20-42(36(3)31-40)51-52-46-41(34-49)37(4)43(35-50)65-46)21-23-60-25-26-62-28-30-64-45(55)33-39(48(58)59)18-16-14-12-10-8-6-2/h5-6,13-16,19-20,31,38-39H,1-2,7-12,17-18,21-30,32-33H2,3-4H3,(H,56,57)(H,58,59)/b15-13+,16-14+,52-51+. The van der Waals surface area contributed by atoms with E-state index in [1.165, 1.54) is 0 Å². The molecule has 1 aromatic carbocycles. The Balaban J connectivity index is 1.90. The van der Waals surface area contributed by atoms with Gasteiger partial charge in [-0.25, -0.2) is 0 Å². The molecule has 0 spiro atoms. The maximum atomic E-state index is 12.4. The van der Waals surface area contributed by atoms with E-state index in [1.807, 2.05) is 48.3 Å². The van der Waals surface area contributed by atoms with E-state index in [0.29, 0.717) is 46.4 Å². The van der Waals surface area contributed by atoms with Crippen molar-refractivity contribution in [2.45, 2.75) is 78.1 Å². The Hall–Kier alpha value is -5.98. The van der Waals surface area contributed by atoms with Crippen molar-refractivity contribution in [3.05, 3.63) is 89.4 Å². The summed E-state index contributed by atoms with van der Waals surface area (Å²) in [6.45, 7) is 13.1. The van der Waals surface area contributed by atoms with Crippen LogP contribution in [0, 0.1) is 48.3 Å². The number of hydrogen-bond acceptors (Lipinski definition) is 15. The van der Waals surface area contributed by atoms with Gasteiger partial charge in [0.05, 0.1) is 75.6 Å². The number of aliphatic carboxylic acids is 2. The number of hydrogen-bond donors (Lipinski definition) is 2. The highest BCUT2D eigenvalue weighted by Crippen LogP contribution is 2.36. The Kier molecular flexibility index (Phi) is 28.4. The maximum Gasteiger partial charge on any atom is 0.307 e. The van der Waals surface area contributed by atoms with Gasteiger partial charge in [-0.1, -0.05) is 36.5 Å². The smallest absolute Gasteiger partial charge is 0.307 e. The highest BCUT2D eigenvalue weighted by molar-refractivity contribution is 7.16. The van der Waals surface area contributed by atoms with E-state index in [4.69, 9.17) is 23.7 Å². The average Bonchev–Trinajstić information content (AvgIpc) is 3.60. The number of carboxylic acids is 2. The number of carboxylic acid groups (broad SMARTS) is 2. The fraction of sp³-hybridized carbons (Fsp3) is 0.500. The molecule has 352 valence electrons. The lowest BCUT2D eigenvalue weighted by molar-refractivity contribution is -0.152. The molecule has 65 heavy (non-hydrogen) atoms. The van der Waals surface area contributed by atoms with Crippen molar-refractivity contribution in [3.63, 3.8) is 0 Å². The lowest BCUT2D eigenvalue weighted by Crippen LogP contribution is -2.31. The van der Waals surface area contributed by atoms with Crippen molar-refractivity contribution in [2.75, 3.05) is 70.8 Å². The van der Waals surface area contributed by atoms with Gasteiger partial charge < -0.3 is 38.8 Å². The van der Waals surface area contributed by atoms with Gasteiger partial charge in [0.1, 0.15) is 30.2 Å². The molecular weight excluding hydrogens is 855 g/mol. The Labute approximate surface area is 386 Å². The van der Waals surface area contributed by atoms with Gasteiger partial charge in [-0.15, -0.1) is 34.7 Å². The number of carbonyl (C=O) groups is 4. The van der Waals surface area contributed by atoms with Crippen molar-refractivity contribution in [1.29, 1.82) is 10.5 Å². The van der Waals surface area contributed by atoms with Gasteiger partial charge >= 0.3 is 23.9 Å². The summed E-state index contributed by atoms with van der Waals surface area (Å²) in [7, 11) is 0. The second-order valence-corrected chi connectivity index (χ2v) is 15.7. The number of rotatable bonds is 36. The number of azo groups is 1. The largest absolute Gasteiger partial charge is 0.481 e. The monoisotopic (exact) mass is 917 g/mol. The van der Waals surface area contributed by atoms with E-state index in [0.717, 1.165) is 61.1 Å². The minimum Gasteiger partial charge on any atom is -0.481 e. The van der Waals surface area contributed by atoms with Gasteiger partial charge in [0.2, 0.25) is 0 Å². The number of esters is 2. The first-order valence-electron chi connectivity index (χ1n) is 21.7. The summed E-state index contributed by atoms with van der Waals surface area (Å²) < 4.78 is 27.6. The molecule has 0 bridgehead atoms. The number of nitrogens with zero attached hydrogens (tertiary/aromatic N) is 5. The normalized spacial score (nSPS) is 12.2. The quantitative estimate of drug-likeness (QED) is 0.0281. The molecule has 0 fully saturated rings. The van der Waals surface area contributed by atoms with E-state index in [2.05, 4.69) is 35.5 Å². The summed E-state index contributed by atoms with van der Waals surface area (Å²) >= 11 is 1.11. The molecule has 17 heteroatoms. The molecule has 2 unspecified atom stereocenters. The van der Waals surface area contributed by atoms with Gasteiger partial charge in [-0.05, 0) is 94.5 Å². The van der Waals surface area contributed by atoms with Crippen LogP contribution in [0.3, 0.4) is 0 Å². The van der Waals surface area contributed by atoms with Gasteiger partial charge in [0.25, 0.3) is 0 Å². The van der Waals surface area contributed by atoms with Crippen LogP contribution in [-0.2, 0) is 42.9 Å². The Morgan fingerprint density at radius 1 is 0.723 bits per heavy atom. The third-order valence-electron chi connectivity index (χ3n) is 9.76. The number of unbranched alkanes of at least 4 members (excludes halogenated alkanes) is 4. The molecule has 16 nitrogen and oxygen atoms in total. The molecule has 2 aromatic rings. The molecule has 2 atom stereocenters. The SMILES string of the molecule is C=CCCC/C=C/CC(CC(=O)OCCOCCOCCN(CCOCCOC(=O)CC(C/C=C/CCCC=C)C(=O)O)c1ccc(/N=N/c2sc(C#N)c(C)c2C#N)c(C)c1)C(=O)O. The maximum absolute atomic E-state index is 12.4. The molecule has 0 saturated heterocycles. The molecule has 1 aromatic heterocycles. The third kappa shape index (κ3) is 23.0. The van der Waals surface area contributed by atoms with Crippen LogP contribution in [0.4, 0.5) is 16.4 Å². The number of benzene rings is 1. The first-order valence-corrected chi connectivity index (χ1v) is 22.5. The van der Waals surface area contributed by atoms with E-state index in [9.17, 15) is 39.9 Å². The Morgan fingerprint density at radius 2 is 1.23 bits per heavy atom. The van der Waals surface area contributed by atoms with Crippen LogP contribution in [0.5, 0.6) is 0 Å². The molecule has 0 aliphatic carbocycles. The number of nitriles is 2. The molecule has 0 amide bonds. The van der Waals surface area contributed by atoms with Gasteiger partial charge in [-0.3, -0.25) is 19.2 Å². The van der Waals surface area contributed by atoms with Gasteiger partial charge in [0, 0.05) is 18.8 Å². The Bertz CT molecular complexity index is 2000. The predicted molar refractivity (Wildman–Crippen MR) is 248 cm³/mol. The fourth-order valence-corrected chi connectivity index (χ4v) is 6.88. The van der Waals surface area contributed by atoms with E-state index >= 15 is 0 Å². The van der Waals surface area contributed by atoms with Crippen LogP contribution in [-0.4, -0.2) is 100 Å². The minimum atomic E-state index is -1.06. The lowest BCUT2D eigenvalue weighted by atomic mass is 10.0. The molecular formula is C48H63N5O11S. The summed E-state index contributed by atoms with van der Waals surface area (Å²) in [5.41, 5.74) is 3.12.